The number of carbonyl (C=O) groups is 1. The summed E-state index contributed by atoms with van der Waals surface area (Å²) < 4.78 is 6.35. The summed E-state index contributed by atoms with van der Waals surface area (Å²) in [6, 6.07) is 6.04. The Labute approximate surface area is 123 Å². The van der Waals surface area contributed by atoms with E-state index in [0.29, 0.717) is 0 Å². The summed E-state index contributed by atoms with van der Waals surface area (Å²) in [6.07, 6.45) is -0.405. The predicted molar refractivity (Wildman–Crippen MR) is 81.3 cm³/mol. The third-order valence-corrected chi connectivity index (χ3v) is 3.58. The molecule has 0 spiro atoms. The Morgan fingerprint density at radius 2 is 1.79 bits per heavy atom. The lowest BCUT2D eigenvalue weighted by molar-refractivity contribution is 0.0470. The molecule has 4 heteroatoms. The molecule has 0 saturated heterocycles. The van der Waals surface area contributed by atoms with Gasteiger partial charge in [-0.2, -0.15) is 0 Å². The van der Waals surface area contributed by atoms with Gasteiger partial charge >= 0.3 is 6.09 Å². The molecule has 1 rings (SSSR count). The number of hydrogen-bond acceptors (Lipinski definition) is 2. The zero-order valence-corrected chi connectivity index (χ0v) is 14.0. The van der Waals surface area contributed by atoms with Gasteiger partial charge in [-0.3, -0.25) is 0 Å². The van der Waals surface area contributed by atoms with Gasteiger partial charge in [-0.15, -0.1) is 0 Å². The number of hydrogen-bond donors (Lipinski definition) is 1. The van der Waals surface area contributed by atoms with Crippen molar-refractivity contribution >= 4 is 22.0 Å². The third-order valence-electron chi connectivity index (χ3n) is 2.69. The maximum absolute atomic E-state index is 11.9. The molecule has 0 unspecified atom stereocenters. The van der Waals surface area contributed by atoms with Crippen molar-refractivity contribution in [2.45, 2.75) is 52.7 Å². The number of rotatable bonds is 2. The summed E-state index contributed by atoms with van der Waals surface area (Å²) in [4.78, 5) is 11.9. The van der Waals surface area contributed by atoms with Crippen molar-refractivity contribution in [2.24, 2.45) is 0 Å². The average Bonchev–Trinajstić information content (AvgIpc) is 2.17. The number of carbonyl (C=O) groups excluding carboxylic acids is 1. The van der Waals surface area contributed by atoms with E-state index in [-0.39, 0.29) is 0 Å². The molecule has 0 heterocycles. The first-order valence-corrected chi connectivity index (χ1v) is 7.08. The van der Waals surface area contributed by atoms with Gasteiger partial charge in [0, 0.05) is 4.47 Å². The highest BCUT2D eigenvalue weighted by Crippen LogP contribution is 2.25. The third kappa shape index (κ3) is 4.86. The topological polar surface area (TPSA) is 38.3 Å². The molecule has 1 amide bonds. The minimum absolute atomic E-state index is 0.405. The summed E-state index contributed by atoms with van der Waals surface area (Å²) in [5, 5.41) is 2.90. The Morgan fingerprint density at radius 1 is 1.21 bits per heavy atom. The second kappa shape index (κ2) is 5.53. The second-order valence-electron chi connectivity index (χ2n) is 6.22. The van der Waals surface area contributed by atoms with Gasteiger partial charge in [-0.25, -0.2) is 4.79 Å². The molecule has 106 valence electrons. The largest absolute Gasteiger partial charge is 0.444 e. The van der Waals surface area contributed by atoms with Crippen LogP contribution in [0.3, 0.4) is 0 Å². The first-order chi connectivity index (χ1) is 8.51. The molecule has 0 atom stereocenters. The van der Waals surface area contributed by atoms with Crippen molar-refractivity contribution in [3.63, 3.8) is 0 Å². The van der Waals surface area contributed by atoms with E-state index in [1.54, 1.807) is 0 Å². The number of benzene rings is 1. The first-order valence-electron chi connectivity index (χ1n) is 6.29. The molecule has 0 aliphatic carbocycles. The lowest BCUT2D eigenvalue weighted by Gasteiger charge is -2.29. The molecule has 0 radical (unpaired) electrons. The van der Waals surface area contributed by atoms with E-state index in [9.17, 15) is 4.79 Å². The lowest BCUT2D eigenvalue weighted by atomic mass is 9.93. The van der Waals surface area contributed by atoms with Gasteiger partial charge in [0.15, 0.2) is 0 Å². The van der Waals surface area contributed by atoms with Crippen LogP contribution < -0.4 is 5.32 Å². The van der Waals surface area contributed by atoms with Crippen molar-refractivity contribution in [3.8, 4) is 0 Å². The average molecular weight is 328 g/mol. The minimum Gasteiger partial charge on any atom is -0.444 e. The van der Waals surface area contributed by atoms with Crippen LogP contribution in [0.1, 0.15) is 45.7 Å². The van der Waals surface area contributed by atoms with Crippen LogP contribution in [0.15, 0.2) is 22.7 Å². The Bertz CT molecular complexity index is 476. The van der Waals surface area contributed by atoms with Crippen molar-refractivity contribution in [2.75, 3.05) is 0 Å². The Balaban J connectivity index is 2.86. The molecule has 1 aromatic carbocycles. The Morgan fingerprint density at radius 3 is 2.26 bits per heavy atom. The Hall–Kier alpha value is -1.03. The fourth-order valence-electron chi connectivity index (χ4n) is 1.66. The SMILES string of the molecule is Cc1cc(C(C)(C)NC(=O)OC(C)(C)C)ccc1Br. The molecule has 0 fully saturated rings. The van der Waals surface area contributed by atoms with Crippen LogP contribution in [0.5, 0.6) is 0 Å². The van der Waals surface area contributed by atoms with Gasteiger partial charge in [-0.05, 0) is 58.7 Å². The molecule has 0 aromatic heterocycles. The van der Waals surface area contributed by atoms with E-state index in [0.717, 1.165) is 15.6 Å². The summed E-state index contributed by atoms with van der Waals surface area (Å²) in [5.74, 6) is 0. The van der Waals surface area contributed by atoms with Crippen LogP contribution in [0.4, 0.5) is 4.79 Å². The Kier molecular flexibility index (Phi) is 4.67. The number of amides is 1. The molecule has 3 nitrogen and oxygen atoms in total. The quantitative estimate of drug-likeness (QED) is 0.867. The number of aryl methyl sites for hydroxylation is 1. The van der Waals surface area contributed by atoms with Gasteiger partial charge in [0.25, 0.3) is 0 Å². The standard InChI is InChI=1S/C15H22BrNO2/c1-10-9-11(7-8-12(10)16)15(5,6)17-13(18)19-14(2,3)4/h7-9H,1-6H3,(H,17,18). The predicted octanol–water partition coefficient (Wildman–Crippen LogP) is 4.52. The van der Waals surface area contributed by atoms with Crippen LogP contribution in [-0.2, 0) is 10.3 Å². The highest BCUT2D eigenvalue weighted by Gasteiger charge is 2.26. The molecular formula is C15H22BrNO2. The van der Waals surface area contributed by atoms with Crippen molar-refractivity contribution in [1.82, 2.24) is 5.32 Å². The van der Waals surface area contributed by atoms with Gasteiger partial charge in [0.05, 0.1) is 5.54 Å². The molecule has 0 aliphatic heterocycles. The van der Waals surface area contributed by atoms with Gasteiger partial charge < -0.3 is 10.1 Å². The van der Waals surface area contributed by atoms with Gasteiger partial charge in [-0.1, -0.05) is 28.1 Å². The van der Waals surface area contributed by atoms with Gasteiger partial charge in [0.1, 0.15) is 5.60 Å². The van der Waals surface area contributed by atoms with Crippen molar-refractivity contribution in [1.29, 1.82) is 0 Å². The summed E-state index contributed by atoms with van der Waals surface area (Å²) in [7, 11) is 0. The minimum atomic E-state index is -0.490. The number of ether oxygens (including phenoxy) is 1. The van der Waals surface area contributed by atoms with Crippen LogP contribution >= 0.6 is 15.9 Å². The fourth-order valence-corrected chi connectivity index (χ4v) is 1.91. The number of nitrogens with one attached hydrogen (secondary N) is 1. The first kappa shape index (κ1) is 16.0. The highest BCUT2D eigenvalue weighted by atomic mass is 79.9. The zero-order chi connectivity index (χ0) is 14.8. The molecule has 1 N–H and O–H groups in total. The van der Waals surface area contributed by atoms with Crippen LogP contribution in [0.25, 0.3) is 0 Å². The van der Waals surface area contributed by atoms with Crippen LogP contribution in [-0.4, -0.2) is 11.7 Å². The van der Waals surface area contributed by atoms with E-state index in [2.05, 4.69) is 27.3 Å². The van der Waals surface area contributed by atoms with E-state index >= 15 is 0 Å². The van der Waals surface area contributed by atoms with Crippen LogP contribution in [0, 0.1) is 6.92 Å². The number of halogens is 1. The monoisotopic (exact) mass is 327 g/mol. The van der Waals surface area contributed by atoms with Crippen molar-refractivity contribution < 1.29 is 9.53 Å². The van der Waals surface area contributed by atoms with Crippen molar-refractivity contribution in [3.05, 3.63) is 33.8 Å². The van der Waals surface area contributed by atoms with Gasteiger partial charge in [0.2, 0.25) is 0 Å². The summed E-state index contributed by atoms with van der Waals surface area (Å²) in [5.41, 5.74) is 1.21. The van der Waals surface area contributed by atoms with E-state index in [4.69, 9.17) is 4.74 Å². The zero-order valence-electron chi connectivity index (χ0n) is 12.4. The molecule has 19 heavy (non-hydrogen) atoms. The molecule has 1 aromatic rings. The molecule has 0 aliphatic rings. The normalized spacial score (nSPS) is 12.2. The number of alkyl carbamates (subject to hydrolysis) is 1. The van der Waals surface area contributed by atoms with E-state index < -0.39 is 17.2 Å². The fraction of sp³-hybridized carbons (Fsp3) is 0.533. The van der Waals surface area contributed by atoms with E-state index in [1.807, 2.05) is 53.7 Å². The molecule has 0 bridgehead atoms. The lowest BCUT2D eigenvalue weighted by Crippen LogP contribution is -2.43. The maximum Gasteiger partial charge on any atom is 0.408 e. The summed E-state index contributed by atoms with van der Waals surface area (Å²) >= 11 is 3.47. The molecular weight excluding hydrogens is 306 g/mol. The second-order valence-corrected chi connectivity index (χ2v) is 7.07. The highest BCUT2D eigenvalue weighted by molar-refractivity contribution is 9.10. The molecule has 0 saturated carbocycles. The maximum atomic E-state index is 11.9. The van der Waals surface area contributed by atoms with E-state index in [1.165, 1.54) is 0 Å². The summed E-state index contributed by atoms with van der Waals surface area (Å²) in [6.45, 7) is 11.5. The van der Waals surface area contributed by atoms with Crippen LogP contribution in [0.2, 0.25) is 0 Å². The smallest absolute Gasteiger partial charge is 0.408 e.